The van der Waals surface area contributed by atoms with Crippen LogP contribution < -0.4 is 5.73 Å². The third kappa shape index (κ3) is 5.92. The molecule has 8 heavy (non-hydrogen) atoms. The molecule has 0 aliphatic heterocycles. The van der Waals surface area contributed by atoms with E-state index in [0.29, 0.717) is 6.61 Å². The summed E-state index contributed by atoms with van der Waals surface area (Å²) in [6.07, 6.45) is 1.08. The number of hydrogen-bond acceptors (Lipinski definition) is 2. The summed E-state index contributed by atoms with van der Waals surface area (Å²) in [5.41, 5.74) is 5.41. The maximum absolute atomic E-state index is 5.41. The average molecular weight is 117 g/mol. The van der Waals surface area contributed by atoms with E-state index in [-0.39, 0.29) is 6.04 Å². The zero-order chi connectivity index (χ0) is 6.41. The fourth-order valence-electron chi connectivity index (χ4n) is 0.414. The van der Waals surface area contributed by atoms with Crippen LogP contribution in [0.25, 0.3) is 0 Å². The molecule has 0 saturated heterocycles. The molecule has 0 heterocycles. The molecule has 0 amide bonds. The minimum atomic E-state index is 0.182. The standard InChI is InChI=1S/C6H15NO/c1-3-4-8-5-6(2)7/h6H,3-5,7H2,1-2H3. The van der Waals surface area contributed by atoms with E-state index in [1.165, 1.54) is 0 Å². The topological polar surface area (TPSA) is 35.2 Å². The first-order chi connectivity index (χ1) is 3.77. The highest BCUT2D eigenvalue weighted by atomic mass is 16.5. The molecule has 50 valence electrons. The molecule has 2 heteroatoms. The van der Waals surface area contributed by atoms with E-state index in [0.717, 1.165) is 13.0 Å². The zero-order valence-corrected chi connectivity index (χ0v) is 5.68. The van der Waals surface area contributed by atoms with E-state index in [1.807, 2.05) is 6.92 Å². The van der Waals surface area contributed by atoms with Gasteiger partial charge in [-0.25, -0.2) is 0 Å². The number of nitrogens with two attached hydrogens (primary N) is 1. The van der Waals surface area contributed by atoms with Crippen molar-refractivity contribution >= 4 is 0 Å². The lowest BCUT2D eigenvalue weighted by Gasteiger charge is -2.03. The Bertz CT molecular complexity index is 45.8. The van der Waals surface area contributed by atoms with Crippen LogP contribution in [0, 0.1) is 0 Å². The summed E-state index contributed by atoms with van der Waals surface area (Å²) < 4.78 is 5.12. The normalized spacial score (nSPS) is 13.9. The summed E-state index contributed by atoms with van der Waals surface area (Å²) >= 11 is 0. The molecule has 0 bridgehead atoms. The molecule has 1 unspecified atom stereocenters. The predicted molar refractivity (Wildman–Crippen MR) is 34.8 cm³/mol. The molecule has 0 aromatic carbocycles. The monoisotopic (exact) mass is 117 g/mol. The van der Waals surface area contributed by atoms with Crippen molar-refractivity contribution < 1.29 is 4.74 Å². The van der Waals surface area contributed by atoms with E-state index in [2.05, 4.69) is 6.92 Å². The van der Waals surface area contributed by atoms with Gasteiger partial charge in [-0.1, -0.05) is 6.92 Å². The van der Waals surface area contributed by atoms with Crippen LogP contribution in [0.5, 0.6) is 0 Å². The molecule has 0 fully saturated rings. The fourth-order valence-corrected chi connectivity index (χ4v) is 0.414. The summed E-state index contributed by atoms with van der Waals surface area (Å²) in [6.45, 7) is 5.55. The molecule has 1 atom stereocenters. The van der Waals surface area contributed by atoms with Crippen LogP contribution in [0.2, 0.25) is 0 Å². The van der Waals surface area contributed by atoms with E-state index in [4.69, 9.17) is 10.5 Å². The lowest BCUT2D eigenvalue weighted by Crippen LogP contribution is -2.21. The molecule has 0 aromatic rings. The van der Waals surface area contributed by atoms with Crippen LogP contribution in [0.1, 0.15) is 20.3 Å². The molecule has 2 nitrogen and oxygen atoms in total. The molecule has 0 aliphatic rings. The Morgan fingerprint density at radius 1 is 1.62 bits per heavy atom. The number of ether oxygens (including phenoxy) is 1. The third-order valence-corrected chi connectivity index (χ3v) is 0.729. The van der Waals surface area contributed by atoms with Gasteiger partial charge >= 0.3 is 0 Å². The molecule has 0 radical (unpaired) electrons. The number of rotatable bonds is 4. The van der Waals surface area contributed by atoms with E-state index in [9.17, 15) is 0 Å². The van der Waals surface area contributed by atoms with Crippen LogP contribution in [0.15, 0.2) is 0 Å². The Hall–Kier alpha value is -0.0800. The van der Waals surface area contributed by atoms with Crippen molar-refractivity contribution in [2.75, 3.05) is 13.2 Å². The SMILES string of the molecule is CCCOCC(C)N. The summed E-state index contributed by atoms with van der Waals surface area (Å²) in [4.78, 5) is 0. The van der Waals surface area contributed by atoms with Gasteiger partial charge in [-0.05, 0) is 13.3 Å². The second-order valence-corrected chi connectivity index (χ2v) is 2.05. The summed E-state index contributed by atoms with van der Waals surface area (Å²) in [5, 5.41) is 0. The highest BCUT2D eigenvalue weighted by Gasteiger charge is 1.90. The van der Waals surface area contributed by atoms with Gasteiger partial charge in [0, 0.05) is 12.6 Å². The minimum Gasteiger partial charge on any atom is -0.380 e. The van der Waals surface area contributed by atoms with Gasteiger partial charge in [-0.3, -0.25) is 0 Å². The van der Waals surface area contributed by atoms with Crippen LogP contribution in [0.4, 0.5) is 0 Å². The Balaban J connectivity index is 2.72. The summed E-state index contributed by atoms with van der Waals surface area (Å²) in [5.74, 6) is 0. The average Bonchev–Trinajstić information content (AvgIpc) is 1.66. The van der Waals surface area contributed by atoms with Crippen molar-refractivity contribution in [1.82, 2.24) is 0 Å². The lowest BCUT2D eigenvalue weighted by molar-refractivity contribution is 0.125. The predicted octanol–water partition coefficient (Wildman–Crippen LogP) is 0.760. The van der Waals surface area contributed by atoms with Gasteiger partial charge in [0.2, 0.25) is 0 Å². The highest BCUT2D eigenvalue weighted by Crippen LogP contribution is 1.81. The van der Waals surface area contributed by atoms with Crippen molar-refractivity contribution in [2.24, 2.45) is 5.73 Å². The van der Waals surface area contributed by atoms with Gasteiger partial charge in [0.25, 0.3) is 0 Å². The van der Waals surface area contributed by atoms with Crippen LogP contribution in [-0.4, -0.2) is 19.3 Å². The smallest absolute Gasteiger partial charge is 0.0614 e. The molecule has 0 saturated carbocycles. The maximum atomic E-state index is 5.41. The van der Waals surface area contributed by atoms with Gasteiger partial charge in [0.15, 0.2) is 0 Å². The third-order valence-electron chi connectivity index (χ3n) is 0.729. The molecule has 0 aromatic heterocycles. The van der Waals surface area contributed by atoms with E-state index in [1.54, 1.807) is 0 Å². The van der Waals surface area contributed by atoms with Crippen LogP contribution in [0.3, 0.4) is 0 Å². The van der Waals surface area contributed by atoms with Gasteiger partial charge in [0.1, 0.15) is 0 Å². The molecule has 2 N–H and O–H groups in total. The fraction of sp³-hybridized carbons (Fsp3) is 1.00. The Morgan fingerprint density at radius 2 is 2.25 bits per heavy atom. The molecule has 0 rings (SSSR count). The molecule has 0 aliphatic carbocycles. The van der Waals surface area contributed by atoms with Crippen molar-refractivity contribution in [3.8, 4) is 0 Å². The van der Waals surface area contributed by atoms with Gasteiger partial charge in [-0.15, -0.1) is 0 Å². The van der Waals surface area contributed by atoms with Crippen molar-refractivity contribution in [3.63, 3.8) is 0 Å². The minimum absolute atomic E-state index is 0.182. The summed E-state index contributed by atoms with van der Waals surface area (Å²) in [6, 6.07) is 0.182. The lowest BCUT2D eigenvalue weighted by atomic mass is 10.4. The zero-order valence-electron chi connectivity index (χ0n) is 5.68. The van der Waals surface area contributed by atoms with E-state index < -0.39 is 0 Å². The van der Waals surface area contributed by atoms with E-state index >= 15 is 0 Å². The quantitative estimate of drug-likeness (QED) is 0.552. The van der Waals surface area contributed by atoms with Crippen molar-refractivity contribution in [2.45, 2.75) is 26.3 Å². The van der Waals surface area contributed by atoms with Crippen LogP contribution in [-0.2, 0) is 4.74 Å². The molecule has 0 spiro atoms. The number of hydrogen-bond donors (Lipinski definition) is 1. The first kappa shape index (κ1) is 7.92. The Labute approximate surface area is 51.0 Å². The summed E-state index contributed by atoms with van der Waals surface area (Å²) in [7, 11) is 0. The van der Waals surface area contributed by atoms with Gasteiger partial charge < -0.3 is 10.5 Å². The Kier molecular flexibility index (Phi) is 5.01. The van der Waals surface area contributed by atoms with Gasteiger partial charge in [0.05, 0.1) is 6.61 Å². The molecular formula is C6H15NO. The first-order valence-electron chi connectivity index (χ1n) is 3.10. The Morgan fingerprint density at radius 3 is 2.62 bits per heavy atom. The molecular weight excluding hydrogens is 102 g/mol. The second-order valence-electron chi connectivity index (χ2n) is 2.05. The largest absolute Gasteiger partial charge is 0.380 e. The van der Waals surface area contributed by atoms with Crippen molar-refractivity contribution in [1.29, 1.82) is 0 Å². The van der Waals surface area contributed by atoms with Crippen LogP contribution >= 0.6 is 0 Å². The van der Waals surface area contributed by atoms with Gasteiger partial charge in [-0.2, -0.15) is 0 Å². The highest BCUT2D eigenvalue weighted by molar-refractivity contribution is 4.47. The second kappa shape index (κ2) is 5.06. The maximum Gasteiger partial charge on any atom is 0.0614 e. The van der Waals surface area contributed by atoms with Crippen molar-refractivity contribution in [3.05, 3.63) is 0 Å². The first-order valence-corrected chi connectivity index (χ1v) is 3.10.